The molecule has 3 aromatic rings. The molecule has 1 aromatic carbocycles. The van der Waals surface area contributed by atoms with Gasteiger partial charge < -0.3 is 21.1 Å². The Balaban J connectivity index is 1.45. The summed E-state index contributed by atoms with van der Waals surface area (Å²) in [7, 11) is -1.90. The van der Waals surface area contributed by atoms with Gasteiger partial charge in [-0.25, -0.2) is 9.97 Å². The highest BCUT2D eigenvalue weighted by Crippen LogP contribution is 2.46. The minimum Gasteiger partial charge on any atom is -0.490 e. The van der Waals surface area contributed by atoms with Gasteiger partial charge in [-0.1, -0.05) is 6.07 Å². The summed E-state index contributed by atoms with van der Waals surface area (Å²) in [4.78, 5) is 33.0. The Morgan fingerprint density at radius 1 is 1.22 bits per heavy atom. The highest BCUT2D eigenvalue weighted by Gasteiger charge is 2.27. The molecule has 36 heavy (non-hydrogen) atoms. The van der Waals surface area contributed by atoms with Crippen LogP contribution in [-0.2, 0) is 0 Å². The van der Waals surface area contributed by atoms with E-state index in [1.807, 2.05) is 0 Å². The number of aromatic nitrogens is 3. The second kappa shape index (κ2) is 9.49. The average Bonchev–Trinajstić information content (AvgIpc) is 3.31. The number of benzene rings is 1. The highest BCUT2D eigenvalue weighted by molar-refractivity contribution is 8.24. The van der Waals surface area contributed by atoms with Gasteiger partial charge >= 0.3 is 0 Å². The molecule has 0 radical (unpaired) electrons. The molecule has 1 aliphatic rings. The number of fused-ring (bicyclic) bond motifs is 1. The van der Waals surface area contributed by atoms with Crippen LogP contribution in [0.4, 0.5) is 5.69 Å². The lowest BCUT2D eigenvalue weighted by atomic mass is 10.1. The van der Waals surface area contributed by atoms with Crippen LogP contribution in [0.5, 0.6) is 5.75 Å². The number of nitrogens with two attached hydrogens (primary N) is 1. The van der Waals surface area contributed by atoms with Crippen molar-refractivity contribution in [3.63, 3.8) is 0 Å². The summed E-state index contributed by atoms with van der Waals surface area (Å²) in [6.45, 7) is 3.66. The number of hydrogen-bond acceptors (Lipinski definition) is 10. The maximum Gasteiger partial charge on any atom is 0.271 e. The molecule has 0 atom stereocenters. The normalized spacial score (nSPS) is 15.1. The molecule has 13 nitrogen and oxygen atoms in total. The molecular weight excluding hydrogens is 488 g/mol. The minimum atomic E-state index is -3.41. The fourth-order valence-corrected chi connectivity index (χ4v) is 4.30. The average molecular weight is 515 g/mol. The molecule has 7 N–H and O–H groups in total. The van der Waals surface area contributed by atoms with E-state index in [2.05, 4.69) is 29.7 Å². The van der Waals surface area contributed by atoms with Crippen LogP contribution in [0.25, 0.3) is 5.82 Å². The first-order valence-electron chi connectivity index (χ1n) is 10.7. The standard InChI is InChI=1S/C22H26N8O5S/c1-22(2,11-35-16-6-4-5-14-18(16)19(23)29-36(33,34)28-14)27-20(31)13-7-8-25-17(9-13)30-10-15(26-12-30)21(32)24-3/h4-10,12,28,33-34H,11H2,1-3H3,(H2,23,29)(H,24,32)(H,27,31). The Labute approximate surface area is 208 Å². The maximum absolute atomic E-state index is 13.0. The van der Waals surface area contributed by atoms with E-state index in [0.717, 1.165) is 0 Å². The molecule has 1 aliphatic heterocycles. The van der Waals surface area contributed by atoms with E-state index in [-0.39, 0.29) is 30.0 Å². The van der Waals surface area contributed by atoms with E-state index < -0.39 is 16.5 Å². The summed E-state index contributed by atoms with van der Waals surface area (Å²) in [5.41, 5.74) is 6.49. The zero-order valence-corrected chi connectivity index (χ0v) is 20.5. The zero-order chi connectivity index (χ0) is 26.1. The number of imidazole rings is 1. The lowest BCUT2D eigenvalue weighted by Crippen LogP contribution is -2.48. The third kappa shape index (κ3) is 5.40. The number of nitrogens with one attached hydrogen (secondary N) is 3. The number of pyridine rings is 1. The van der Waals surface area contributed by atoms with E-state index in [9.17, 15) is 18.7 Å². The van der Waals surface area contributed by atoms with Crippen molar-refractivity contribution in [1.29, 1.82) is 0 Å². The van der Waals surface area contributed by atoms with Crippen molar-refractivity contribution in [2.24, 2.45) is 10.1 Å². The molecule has 0 fully saturated rings. The van der Waals surface area contributed by atoms with Gasteiger partial charge in [0.2, 0.25) is 0 Å². The maximum atomic E-state index is 13.0. The molecule has 0 unspecified atom stereocenters. The molecular formula is C22H26N8O5S. The highest BCUT2D eigenvalue weighted by atomic mass is 32.3. The number of carbonyl (C=O) groups is 2. The predicted octanol–water partition coefficient (Wildman–Crippen LogP) is 1.93. The van der Waals surface area contributed by atoms with Crippen molar-refractivity contribution in [3.8, 4) is 11.6 Å². The second-order valence-electron chi connectivity index (χ2n) is 8.55. The molecule has 2 amide bonds. The Morgan fingerprint density at radius 2 is 2.00 bits per heavy atom. The van der Waals surface area contributed by atoms with Gasteiger partial charge in [0.1, 0.15) is 30.2 Å². The van der Waals surface area contributed by atoms with Gasteiger partial charge in [-0.15, -0.1) is 4.40 Å². The fraction of sp³-hybridized carbons (Fsp3) is 0.227. The molecule has 2 aromatic heterocycles. The van der Waals surface area contributed by atoms with Crippen molar-refractivity contribution in [1.82, 2.24) is 25.2 Å². The lowest BCUT2D eigenvalue weighted by molar-refractivity contribution is 0.0879. The predicted molar refractivity (Wildman–Crippen MR) is 135 cm³/mol. The zero-order valence-electron chi connectivity index (χ0n) is 19.7. The van der Waals surface area contributed by atoms with E-state index in [1.165, 1.54) is 25.8 Å². The van der Waals surface area contributed by atoms with Gasteiger partial charge in [-0.3, -0.25) is 28.0 Å². The Morgan fingerprint density at radius 3 is 2.75 bits per heavy atom. The summed E-state index contributed by atoms with van der Waals surface area (Å²) < 4.78 is 33.4. The quantitative estimate of drug-likeness (QED) is 0.274. The van der Waals surface area contributed by atoms with Crippen LogP contribution in [0.2, 0.25) is 0 Å². The van der Waals surface area contributed by atoms with Gasteiger partial charge in [-0.05, 0) is 49.1 Å². The summed E-state index contributed by atoms with van der Waals surface area (Å²) in [6.07, 6.45) is 4.45. The second-order valence-corrected chi connectivity index (χ2v) is 9.98. The first-order valence-corrected chi connectivity index (χ1v) is 12.2. The summed E-state index contributed by atoms with van der Waals surface area (Å²) in [5, 5.41) is 5.42. The van der Waals surface area contributed by atoms with Gasteiger partial charge in [-0.2, -0.15) is 0 Å². The Kier molecular flexibility index (Phi) is 6.58. The topological polar surface area (TPSA) is 189 Å². The molecule has 0 saturated heterocycles. The molecule has 14 heteroatoms. The fourth-order valence-electron chi connectivity index (χ4n) is 3.42. The molecule has 0 aliphatic carbocycles. The van der Waals surface area contributed by atoms with E-state index >= 15 is 0 Å². The summed E-state index contributed by atoms with van der Waals surface area (Å²) in [5.74, 6) is 0.0386. The van der Waals surface area contributed by atoms with Crippen LogP contribution in [-0.4, -0.2) is 60.5 Å². The SMILES string of the molecule is CNC(=O)c1cn(-c2cc(C(=O)NC(C)(C)COc3cccc4c3C(N)=NS(O)(O)N4)ccn2)cn1. The van der Waals surface area contributed by atoms with Gasteiger partial charge in [0.15, 0.2) is 5.84 Å². The third-order valence-corrected chi connectivity index (χ3v) is 6.05. The van der Waals surface area contributed by atoms with E-state index in [0.29, 0.717) is 28.4 Å². The number of carbonyl (C=O) groups excluding carboxylic acids is 2. The van der Waals surface area contributed by atoms with Gasteiger partial charge in [0, 0.05) is 25.0 Å². The first kappa shape index (κ1) is 25.0. The number of anilines is 1. The van der Waals surface area contributed by atoms with Gasteiger partial charge in [0.05, 0.1) is 16.8 Å². The van der Waals surface area contributed by atoms with Crippen molar-refractivity contribution < 1.29 is 23.4 Å². The molecule has 4 rings (SSSR count). The molecule has 0 saturated carbocycles. The van der Waals surface area contributed by atoms with Crippen LogP contribution in [0, 0.1) is 0 Å². The number of rotatable bonds is 7. The molecule has 0 spiro atoms. The monoisotopic (exact) mass is 514 g/mol. The van der Waals surface area contributed by atoms with Crippen molar-refractivity contribution in [3.05, 3.63) is 65.9 Å². The summed E-state index contributed by atoms with van der Waals surface area (Å²) >= 11 is 0. The number of hydrogen-bond donors (Lipinski definition) is 6. The third-order valence-electron chi connectivity index (χ3n) is 5.11. The number of nitrogens with zero attached hydrogens (tertiary/aromatic N) is 4. The van der Waals surface area contributed by atoms with Crippen LogP contribution in [0.3, 0.4) is 0 Å². The number of ether oxygens (including phenoxy) is 1. The number of amidine groups is 1. The van der Waals surface area contributed by atoms with Crippen LogP contribution >= 0.6 is 11.0 Å². The largest absolute Gasteiger partial charge is 0.490 e. The van der Waals surface area contributed by atoms with Crippen LogP contribution in [0.15, 0.2) is 53.5 Å². The van der Waals surface area contributed by atoms with E-state index in [4.69, 9.17) is 10.5 Å². The Hall–Kier alpha value is -4.14. The molecule has 0 bridgehead atoms. The van der Waals surface area contributed by atoms with Crippen LogP contribution in [0.1, 0.15) is 40.3 Å². The Bertz CT molecular complexity index is 1350. The van der Waals surface area contributed by atoms with Crippen molar-refractivity contribution in [2.45, 2.75) is 19.4 Å². The minimum absolute atomic E-state index is 0.0652. The van der Waals surface area contributed by atoms with Crippen molar-refractivity contribution in [2.75, 3.05) is 18.4 Å². The number of amides is 2. The van der Waals surface area contributed by atoms with Crippen LogP contribution < -0.4 is 25.8 Å². The smallest absolute Gasteiger partial charge is 0.271 e. The molecule has 3 heterocycles. The van der Waals surface area contributed by atoms with Crippen molar-refractivity contribution >= 4 is 34.3 Å². The van der Waals surface area contributed by atoms with E-state index in [1.54, 1.807) is 48.7 Å². The lowest BCUT2D eigenvalue weighted by Gasteiger charge is -2.34. The van der Waals surface area contributed by atoms with Gasteiger partial charge in [0.25, 0.3) is 11.8 Å². The summed E-state index contributed by atoms with van der Waals surface area (Å²) in [6, 6.07) is 8.12. The molecule has 190 valence electrons. The first-order chi connectivity index (χ1) is 17.0.